The van der Waals surface area contributed by atoms with Crippen molar-refractivity contribution in [2.45, 2.75) is 25.5 Å². The van der Waals surface area contributed by atoms with Gasteiger partial charge >= 0.3 is 0 Å². The molecule has 1 fully saturated rings. The number of hydrogen-bond donors (Lipinski definition) is 2. The maximum absolute atomic E-state index is 11.5. The Morgan fingerprint density at radius 1 is 1.21 bits per heavy atom. The second-order valence-electron chi connectivity index (χ2n) is 6.77. The lowest BCUT2D eigenvalue weighted by molar-refractivity contribution is -0.384. The molecule has 1 heterocycles. The number of aliphatic hydroxyl groups is 1. The van der Waals surface area contributed by atoms with Crippen molar-refractivity contribution in [3.05, 3.63) is 52.1 Å². The fourth-order valence-electron chi connectivity index (χ4n) is 3.52. The van der Waals surface area contributed by atoms with Crippen LogP contribution in [-0.2, 0) is 6.61 Å². The van der Waals surface area contributed by atoms with Crippen molar-refractivity contribution in [3.8, 4) is 11.5 Å². The first-order valence-electron chi connectivity index (χ1n) is 9.16. The molecule has 0 spiro atoms. The van der Waals surface area contributed by atoms with E-state index in [1.54, 1.807) is 26.4 Å². The van der Waals surface area contributed by atoms with Gasteiger partial charge in [-0.1, -0.05) is 0 Å². The Labute approximate surface area is 163 Å². The minimum atomic E-state index is -0.375. The van der Waals surface area contributed by atoms with Crippen molar-refractivity contribution in [2.24, 2.45) is 0 Å². The number of methoxy groups -OCH3 is 2. The van der Waals surface area contributed by atoms with E-state index in [0.717, 1.165) is 25.1 Å². The van der Waals surface area contributed by atoms with E-state index >= 15 is 0 Å². The minimum absolute atomic E-state index is 0.0564. The summed E-state index contributed by atoms with van der Waals surface area (Å²) in [7, 11) is 3.21. The van der Waals surface area contributed by atoms with Crippen LogP contribution in [0.2, 0.25) is 0 Å². The zero-order valence-corrected chi connectivity index (χ0v) is 16.1. The lowest BCUT2D eigenvalue weighted by atomic mass is 10.0. The van der Waals surface area contributed by atoms with E-state index in [2.05, 4.69) is 5.32 Å². The number of hydrogen-bond acceptors (Lipinski definition) is 7. The lowest BCUT2D eigenvalue weighted by Crippen LogP contribution is -2.42. The molecular formula is C20H25N3O5. The molecule has 2 aromatic rings. The van der Waals surface area contributed by atoms with E-state index in [4.69, 9.17) is 9.47 Å². The van der Waals surface area contributed by atoms with Crippen LogP contribution in [0.4, 0.5) is 17.1 Å². The highest BCUT2D eigenvalue weighted by Gasteiger charge is 2.26. The molecule has 28 heavy (non-hydrogen) atoms. The van der Waals surface area contributed by atoms with Crippen LogP contribution in [0.5, 0.6) is 11.5 Å². The van der Waals surface area contributed by atoms with Gasteiger partial charge in [-0.15, -0.1) is 0 Å². The number of nitro benzene ring substituents is 1. The molecule has 8 nitrogen and oxygen atoms in total. The average Bonchev–Trinajstić information content (AvgIpc) is 2.73. The van der Waals surface area contributed by atoms with Gasteiger partial charge in [0, 0.05) is 49.1 Å². The zero-order chi connectivity index (χ0) is 20.1. The van der Waals surface area contributed by atoms with E-state index < -0.39 is 0 Å². The Hall–Kier alpha value is -3.00. The highest BCUT2D eigenvalue weighted by Crippen LogP contribution is 2.33. The quantitative estimate of drug-likeness (QED) is 0.556. The SMILES string of the molecule is COc1cc(NC2CCCN(c3cc(CO)ccc3[N+](=O)[O-])C2)cc(OC)c1. The van der Waals surface area contributed by atoms with Crippen molar-refractivity contribution < 1.29 is 19.5 Å². The highest BCUT2D eigenvalue weighted by atomic mass is 16.6. The molecule has 1 unspecified atom stereocenters. The van der Waals surface area contributed by atoms with Gasteiger partial charge in [0.15, 0.2) is 0 Å². The van der Waals surface area contributed by atoms with Gasteiger partial charge in [-0.25, -0.2) is 0 Å². The number of anilines is 2. The largest absolute Gasteiger partial charge is 0.497 e. The van der Waals surface area contributed by atoms with Gasteiger partial charge in [0.1, 0.15) is 17.2 Å². The van der Waals surface area contributed by atoms with Crippen molar-refractivity contribution >= 4 is 17.1 Å². The topological polar surface area (TPSA) is 97.1 Å². The second-order valence-corrected chi connectivity index (χ2v) is 6.77. The molecule has 8 heteroatoms. The van der Waals surface area contributed by atoms with Gasteiger partial charge in [-0.05, 0) is 30.5 Å². The van der Waals surface area contributed by atoms with Crippen molar-refractivity contribution in [2.75, 3.05) is 37.5 Å². The summed E-state index contributed by atoms with van der Waals surface area (Å²) in [5, 5.41) is 24.3. The Kier molecular flexibility index (Phi) is 6.20. The normalized spacial score (nSPS) is 16.5. The predicted octanol–water partition coefficient (Wildman–Crippen LogP) is 3.19. The van der Waals surface area contributed by atoms with Crippen LogP contribution in [0, 0.1) is 10.1 Å². The second kappa shape index (κ2) is 8.79. The monoisotopic (exact) mass is 387 g/mol. The fraction of sp³-hybridized carbons (Fsp3) is 0.400. The molecule has 0 saturated carbocycles. The van der Waals surface area contributed by atoms with Crippen LogP contribution in [0.15, 0.2) is 36.4 Å². The molecule has 1 saturated heterocycles. The van der Waals surface area contributed by atoms with Crippen LogP contribution in [0.1, 0.15) is 18.4 Å². The van der Waals surface area contributed by atoms with E-state index in [9.17, 15) is 15.2 Å². The first kappa shape index (κ1) is 19.8. The standard InChI is InChI=1S/C20H25N3O5/c1-27-17-9-16(10-18(11-17)28-2)21-15-4-3-7-22(12-15)20-8-14(13-24)5-6-19(20)23(25)26/h5-6,8-11,15,21,24H,3-4,7,12-13H2,1-2H3. The molecule has 0 aliphatic carbocycles. The Morgan fingerprint density at radius 3 is 2.54 bits per heavy atom. The molecule has 0 bridgehead atoms. The van der Waals surface area contributed by atoms with Crippen molar-refractivity contribution in [1.82, 2.24) is 0 Å². The van der Waals surface area contributed by atoms with E-state index in [-0.39, 0.29) is 23.3 Å². The maximum Gasteiger partial charge on any atom is 0.292 e. The number of benzene rings is 2. The molecule has 1 atom stereocenters. The molecular weight excluding hydrogens is 362 g/mol. The highest BCUT2D eigenvalue weighted by molar-refractivity contribution is 5.65. The maximum atomic E-state index is 11.5. The number of nitrogens with zero attached hydrogens (tertiary/aromatic N) is 2. The molecule has 1 aliphatic heterocycles. The number of nitro groups is 1. The number of aliphatic hydroxyl groups excluding tert-OH is 1. The number of rotatable bonds is 7. The van der Waals surface area contributed by atoms with Crippen molar-refractivity contribution in [3.63, 3.8) is 0 Å². The molecule has 0 amide bonds. The summed E-state index contributed by atoms with van der Waals surface area (Å²) in [5.41, 5.74) is 2.14. The predicted molar refractivity (Wildman–Crippen MR) is 107 cm³/mol. The first-order chi connectivity index (χ1) is 13.5. The van der Waals surface area contributed by atoms with Gasteiger partial charge in [0.25, 0.3) is 5.69 Å². The summed E-state index contributed by atoms with van der Waals surface area (Å²) in [5.74, 6) is 1.39. The fourth-order valence-corrected chi connectivity index (χ4v) is 3.52. The third-order valence-electron chi connectivity index (χ3n) is 4.90. The van der Waals surface area contributed by atoms with E-state index in [1.807, 2.05) is 23.1 Å². The number of nitrogens with one attached hydrogen (secondary N) is 1. The average molecular weight is 387 g/mol. The van der Waals surface area contributed by atoms with Crippen molar-refractivity contribution in [1.29, 1.82) is 0 Å². The minimum Gasteiger partial charge on any atom is -0.497 e. The summed E-state index contributed by atoms with van der Waals surface area (Å²) in [6, 6.07) is 10.5. The smallest absolute Gasteiger partial charge is 0.292 e. The lowest BCUT2D eigenvalue weighted by Gasteiger charge is -2.35. The molecule has 2 N–H and O–H groups in total. The molecule has 150 valence electrons. The van der Waals surface area contributed by atoms with Crippen LogP contribution in [0.25, 0.3) is 0 Å². The first-order valence-corrected chi connectivity index (χ1v) is 9.16. The van der Waals surface area contributed by atoms with Crippen LogP contribution >= 0.6 is 0 Å². The number of piperidine rings is 1. The van der Waals surface area contributed by atoms with E-state index in [0.29, 0.717) is 29.3 Å². The van der Waals surface area contributed by atoms with Gasteiger partial charge in [-0.3, -0.25) is 10.1 Å². The van der Waals surface area contributed by atoms with E-state index in [1.165, 1.54) is 6.07 Å². The Bertz CT molecular complexity index is 820. The van der Waals surface area contributed by atoms with Crippen LogP contribution in [-0.4, -0.2) is 43.4 Å². The molecule has 0 radical (unpaired) electrons. The van der Waals surface area contributed by atoms with Crippen LogP contribution in [0.3, 0.4) is 0 Å². The Balaban J connectivity index is 1.81. The van der Waals surface area contributed by atoms with Gasteiger partial charge in [0.05, 0.1) is 25.7 Å². The molecule has 0 aromatic heterocycles. The van der Waals surface area contributed by atoms with Crippen LogP contribution < -0.4 is 19.7 Å². The van der Waals surface area contributed by atoms with Gasteiger partial charge in [-0.2, -0.15) is 0 Å². The molecule has 3 rings (SSSR count). The molecule has 1 aliphatic rings. The molecule has 2 aromatic carbocycles. The summed E-state index contributed by atoms with van der Waals surface area (Å²) >= 11 is 0. The third-order valence-corrected chi connectivity index (χ3v) is 4.90. The van der Waals surface area contributed by atoms with Gasteiger partial charge < -0.3 is 24.8 Å². The van der Waals surface area contributed by atoms with Gasteiger partial charge in [0.2, 0.25) is 0 Å². The summed E-state index contributed by atoms with van der Waals surface area (Å²) in [6.45, 7) is 1.20. The summed E-state index contributed by atoms with van der Waals surface area (Å²) in [4.78, 5) is 13.1. The number of ether oxygens (including phenoxy) is 2. The summed E-state index contributed by atoms with van der Waals surface area (Å²) < 4.78 is 10.6. The Morgan fingerprint density at radius 2 is 1.93 bits per heavy atom. The summed E-state index contributed by atoms with van der Waals surface area (Å²) in [6.07, 6.45) is 1.85. The zero-order valence-electron chi connectivity index (χ0n) is 16.1. The third kappa shape index (κ3) is 4.45.